The fraction of sp³-hybridized carbons (Fsp3) is 0.679. The third kappa shape index (κ3) is 8.02. The van der Waals surface area contributed by atoms with E-state index in [0.717, 1.165) is 43.4 Å². The zero-order chi connectivity index (χ0) is 28.8. The molecule has 2 aliphatic heterocycles. The van der Waals surface area contributed by atoms with E-state index in [1.165, 1.54) is 19.2 Å². The molecule has 1 spiro atoms. The molecule has 3 aliphatic rings. The third-order valence-electron chi connectivity index (χ3n) is 8.30. The van der Waals surface area contributed by atoms with E-state index in [-0.39, 0.29) is 17.9 Å². The number of alkyl carbamates (subject to hydrolysis) is 1. The number of alkyl halides is 3. The lowest BCUT2D eigenvalue weighted by molar-refractivity contribution is -0.137. The Bertz CT molecular complexity index is 1020. The largest absolute Gasteiger partial charge is 0.453 e. The highest BCUT2D eigenvalue weighted by Crippen LogP contribution is 2.36. The molecule has 3 fully saturated rings. The van der Waals surface area contributed by atoms with Crippen molar-refractivity contribution in [3.8, 4) is 0 Å². The molecule has 0 bridgehead atoms. The minimum absolute atomic E-state index is 0.0318. The van der Waals surface area contributed by atoms with Crippen LogP contribution in [-0.4, -0.2) is 79.9 Å². The van der Waals surface area contributed by atoms with Crippen LogP contribution in [0.15, 0.2) is 24.3 Å². The van der Waals surface area contributed by atoms with Gasteiger partial charge in [0.05, 0.1) is 19.2 Å². The Kier molecular flexibility index (Phi) is 9.81. The maximum atomic E-state index is 12.8. The Hall–Kier alpha value is -3.02. The van der Waals surface area contributed by atoms with E-state index >= 15 is 0 Å². The van der Waals surface area contributed by atoms with Crippen molar-refractivity contribution in [3.63, 3.8) is 0 Å². The van der Waals surface area contributed by atoms with Gasteiger partial charge in [0.25, 0.3) is 0 Å². The number of piperidine rings is 1. The van der Waals surface area contributed by atoms with E-state index in [0.29, 0.717) is 71.0 Å². The molecule has 1 aromatic carbocycles. The predicted octanol–water partition coefficient (Wildman–Crippen LogP) is 4.16. The van der Waals surface area contributed by atoms with Crippen LogP contribution < -0.4 is 10.6 Å². The number of carbonyl (C=O) groups is 3. The van der Waals surface area contributed by atoms with Gasteiger partial charge in [-0.1, -0.05) is 12.1 Å². The van der Waals surface area contributed by atoms with Crippen molar-refractivity contribution >= 4 is 18.1 Å². The Morgan fingerprint density at radius 3 is 2.33 bits per heavy atom. The van der Waals surface area contributed by atoms with Gasteiger partial charge in [-0.2, -0.15) is 13.2 Å². The van der Waals surface area contributed by atoms with Crippen molar-refractivity contribution in [1.29, 1.82) is 0 Å². The van der Waals surface area contributed by atoms with Gasteiger partial charge in [0.2, 0.25) is 5.91 Å². The van der Waals surface area contributed by atoms with Crippen LogP contribution in [0.4, 0.5) is 22.8 Å². The summed E-state index contributed by atoms with van der Waals surface area (Å²) in [5.74, 6) is 0.338. The molecule has 2 heterocycles. The lowest BCUT2D eigenvalue weighted by Gasteiger charge is -2.37. The number of nitrogens with zero attached hydrogens (tertiary/aromatic N) is 2. The van der Waals surface area contributed by atoms with Crippen LogP contribution >= 0.6 is 0 Å². The van der Waals surface area contributed by atoms with Gasteiger partial charge in [0.15, 0.2) is 0 Å². The normalized spacial score (nSPS) is 23.1. The molecule has 0 unspecified atom stereocenters. The lowest BCUT2D eigenvalue weighted by Crippen LogP contribution is -2.46. The van der Waals surface area contributed by atoms with Gasteiger partial charge in [-0.05, 0) is 55.7 Å². The SMILES string of the molecule is COC(=O)NCCCNC(=O)C1CCC(CN2CC3(CCN(Cc4ccc(C(F)(F)F)cc4)CC3)OC2=O)CC1. The molecule has 2 N–H and O–H groups in total. The summed E-state index contributed by atoms with van der Waals surface area (Å²) in [5, 5.41) is 5.52. The van der Waals surface area contributed by atoms with Crippen LogP contribution in [0.25, 0.3) is 0 Å². The quantitative estimate of drug-likeness (QED) is 0.434. The van der Waals surface area contributed by atoms with E-state index in [9.17, 15) is 27.6 Å². The highest BCUT2D eigenvalue weighted by molar-refractivity contribution is 5.78. The summed E-state index contributed by atoms with van der Waals surface area (Å²) in [6, 6.07) is 5.28. The van der Waals surface area contributed by atoms with E-state index in [1.807, 2.05) is 4.90 Å². The van der Waals surface area contributed by atoms with Crippen molar-refractivity contribution in [2.45, 2.75) is 63.3 Å². The molecule has 9 nitrogen and oxygen atoms in total. The molecule has 1 aromatic rings. The smallest absolute Gasteiger partial charge is 0.416 e. The Morgan fingerprint density at radius 1 is 1.05 bits per heavy atom. The second kappa shape index (κ2) is 13.1. The molecule has 1 aliphatic carbocycles. The van der Waals surface area contributed by atoms with Crippen LogP contribution in [0.3, 0.4) is 0 Å². The van der Waals surface area contributed by atoms with Gasteiger partial charge < -0.3 is 25.0 Å². The number of carbonyl (C=O) groups excluding carboxylic acids is 3. The van der Waals surface area contributed by atoms with Gasteiger partial charge in [0.1, 0.15) is 5.60 Å². The van der Waals surface area contributed by atoms with E-state index in [2.05, 4.69) is 20.3 Å². The molecular formula is C28H39F3N4O5. The topological polar surface area (TPSA) is 100 Å². The molecule has 12 heteroatoms. The minimum Gasteiger partial charge on any atom is -0.453 e. The third-order valence-corrected chi connectivity index (χ3v) is 8.30. The maximum absolute atomic E-state index is 12.8. The zero-order valence-electron chi connectivity index (χ0n) is 22.9. The van der Waals surface area contributed by atoms with Gasteiger partial charge in [-0.15, -0.1) is 0 Å². The minimum atomic E-state index is -4.34. The van der Waals surface area contributed by atoms with Gasteiger partial charge in [-0.3, -0.25) is 9.69 Å². The maximum Gasteiger partial charge on any atom is 0.416 e. The van der Waals surface area contributed by atoms with Crippen LogP contribution in [0.5, 0.6) is 0 Å². The molecule has 0 atom stereocenters. The molecule has 222 valence electrons. The highest BCUT2D eigenvalue weighted by atomic mass is 19.4. The number of halogens is 3. The number of benzene rings is 1. The van der Waals surface area contributed by atoms with Crippen molar-refractivity contribution in [1.82, 2.24) is 20.4 Å². The fourth-order valence-corrected chi connectivity index (χ4v) is 5.90. The van der Waals surface area contributed by atoms with Gasteiger partial charge in [0, 0.05) is 58.0 Å². The van der Waals surface area contributed by atoms with E-state index in [1.54, 1.807) is 0 Å². The fourth-order valence-electron chi connectivity index (χ4n) is 5.90. The molecule has 0 radical (unpaired) electrons. The zero-order valence-corrected chi connectivity index (χ0v) is 22.9. The Balaban J connectivity index is 1.15. The van der Waals surface area contributed by atoms with Crippen molar-refractivity contribution in [3.05, 3.63) is 35.4 Å². The molecule has 1 saturated carbocycles. The average molecular weight is 569 g/mol. The number of nitrogens with one attached hydrogen (secondary N) is 2. The lowest BCUT2D eigenvalue weighted by atomic mass is 9.81. The Morgan fingerprint density at radius 2 is 1.70 bits per heavy atom. The number of hydrogen-bond donors (Lipinski definition) is 2. The molecule has 3 amide bonds. The summed E-state index contributed by atoms with van der Waals surface area (Å²) in [5.41, 5.74) is -0.327. The second-order valence-corrected chi connectivity index (χ2v) is 11.2. The summed E-state index contributed by atoms with van der Waals surface area (Å²) in [6.07, 6.45) is 0.218. The summed E-state index contributed by atoms with van der Waals surface area (Å²) in [6.45, 7) is 4.09. The molecular weight excluding hydrogens is 529 g/mol. The van der Waals surface area contributed by atoms with E-state index in [4.69, 9.17) is 4.74 Å². The predicted molar refractivity (Wildman–Crippen MR) is 140 cm³/mol. The molecule has 40 heavy (non-hydrogen) atoms. The van der Waals surface area contributed by atoms with Crippen LogP contribution in [0.1, 0.15) is 56.1 Å². The van der Waals surface area contributed by atoms with Gasteiger partial charge in [-0.25, -0.2) is 9.59 Å². The summed E-state index contributed by atoms with van der Waals surface area (Å²) >= 11 is 0. The average Bonchev–Trinajstić information content (AvgIpc) is 3.23. The number of ether oxygens (including phenoxy) is 2. The first-order valence-electron chi connectivity index (χ1n) is 14.0. The van der Waals surface area contributed by atoms with Crippen LogP contribution in [0, 0.1) is 11.8 Å². The first-order valence-corrected chi connectivity index (χ1v) is 14.0. The first kappa shape index (κ1) is 30.0. The highest BCUT2D eigenvalue weighted by Gasteiger charge is 2.47. The molecule has 4 rings (SSSR count). The Labute approximate surface area is 232 Å². The number of methoxy groups -OCH3 is 1. The summed E-state index contributed by atoms with van der Waals surface area (Å²) in [4.78, 5) is 40.3. The van der Waals surface area contributed by atoms with Crippen LogP contribution in [-0.2, 0) is 27.0 Å². The van der Waals surface area contributed by atoms with E-state index < -0.39 is 23.4 Å². The number of hydrogen-bond acceptors (Lipinski definition) is 6. The van der Waals surface area contributed by atoms with Gasteiger partial charge >= 0.3 is 18.4 Å². The molecule has 2 saturated heterocycles. The number of likely N-dealkylation sites (tertiary alicyclic amines) is 1. The first-order chi connectivity index (χ1) is 19.1. The number of rotatable bonds is 9. The number of amides is 3. The van der Waals surface area contributed by atoms with Crippen LogP contribution in [0.2, 0.25) is 0 Å². The van der Waals surface area contributed by atoms with Crippen molar-refractivity contribution in [2.75, 3.05) is 46.4 Å². The van der Waals surface area contributed by atoms with Crippen molar-refractivity contribution in [2.24, 2.45) is 11.8 Å². The summed E-state index contributed by atoms with van der Waals surface area (Å²) in [7, 11) is 1.31. The summed E-state index contributed by atoms with van der Waals surface area (Å²) < 4.78 is 48.8. The standard InChI is InChI=1S/C28H39F3N4O5/c1-39-25(37)33-14-2-13-32-24(36)22-7-3-21(4-8-22)18-35-19-27(40-26(35)38)11-15-34(16-12-27)17-20-5-9-23(10-6-20)28(29,30)31/h5-6,9-10,21-22H,2-4,7-8,11-19H2,1H3,(H,32,36)(H,33,37). The second-order valence-electron chi connectivity index (χ2n) is 11.2. The monoisotopic (exact) mass is 568 g/mol. The molecule has 0 aromatic heterocycles. The van der Waals surface area contributed by atoms with Crippen molar-refractivity contribution < 1.29 is 37.0 Å².